The zero-order chi connectivity index (χ0) is 11.4. The van der Waals surface area contributed by atoms with E-state index in [4.69, 9.17) is 5.73 Å². The van der Waals surface area contributed by atoms with Crippen molar-refractivity contribution in [3.05, 3.63) is 24.3 Å². The van der Waals surface area contributed by atoms with Crippen molar-refractivity contribution in [2.24, 2.45) is 0 Å². The molecule has 1 heterocycles. The number of hydrogen-bond acceptors (Lipinski definition) is 3. The Morgan fingerprint density at radius 2 is 1.88 bits per heavy atom. The predicted octanol–water partition coefficient (Wildman–Crippen LogP) is 1.85. The number of thioether (sulfide) groups is 1. The molecule has 1 saturated heterocycles. The standard InChI is InChI=1S/C11H15N3OS/c12-9-1-3-10(4-2-9)13-11(15)14-5-7-16-8-6-14/h1-4H,5-8,12H2,(H,13,15). The van der Waals surface area contributed by atoms with Crippen molar-refractivity contribution in [2.45, 2.75) is 0 Å². The number of anilines is 2. The van der Waals surface area contributed by atoms with Gasteiger partial charge < -0.3 is 16.0 Å². The predicted molar refractivity (Wildman–Crippen MR) is 68.8 cm³/mol. The van der Waals surface area contributed by atoms with Crippen LogP contribution in [0.25, 0.3) is 0 Å². The van der Waals surface area contributed by atoms with Gasteiger partial charge in [0.25, 0.3) is 0 Å². The highest BCUT2D eigenvalue weighted by Gasteiger charge is 2.16. The Labute approximate surface area is 99.2 Å². The third-order valence-corrected chi connectivity index (χ3v) is 3.40. The summed E-state index contributed by atoms with van der Waals surface area (Å²) in [5, 5.41) is 2.86. The van der Waals surface area contributed by atoms with Crippen LogP contribution in [-0.4, -0.2) is 35.5 Å². The highest BCUT2D eigenvalue weighted by Crippen LogP contribution is 2.13. The summed E-state index contributed by atoms with van der Waals surface area (Å²) in [7, 11) is 0. The summed E-state index contributed by atoms with van der Waals surface area (Å²) >= 11 is 1.89. The number of nitrogens with zero attached hydrogens (tertiary/aromatic N) is 1. The van der Waals surface area contributed by atoms with Crippen LogP contribution in [-0.2, 0) is 0 Å². The van der Waals surface area contributed by atoms with Crippen LogP contribution in [0, 0.1) is 0 Å². The molecule has 0 saturated carbocycles. The lowest BCUT2D eigenvalue weighted by Crippen LogP contribution is -2.40. The topological polar surface area (TPSA) is 58.4 Å². The number of amides is 2. The van der Waals surface area contributed by atoms with Crippen LogP contribution in [0.4, 0.5) is 16.2 Å². The van der Waals surface area contributed by atoms with Gasteiger partial charge in [0.05, 0.1) is 0 Å². The van der Waals surface area contributed by atoms with Gasteiger partial charge in [0.2, 0.25) is 0 Å². The number of nitrogens with two attached hydrogens (primary N) is 1. The van der Waals surface area contributed by atoms with E-state index in [0.717, 1.165) is 30.3 Å². The smallest absolute Gasteiger partial charge is 0.321 e. The van der Waals surface area contributed by atoms with Crippen LogP contribution in [0.3, 0.4) is 0 Å². The third-order valence-electron chi connectivity index (χ3n) is 2.46. The van der Waals surface area contributed by atoms with Crippen molar-refractivity contribution in [2.75, 3.05) is 35.6 Å². The van der Waals surface area contributed by atoms with E-state index in [1.165, 1.54) is 0 Å². The van der Waals surface area contributed by atoms with Crippen molar-refractivity contribution >= 4 is 29.2 Å². The number of nitrogen functional groups attached to an aromatic ring is 1. The fraction of sp³-hybridized carbons (Fsp3) is 0.364. The first-order valence-electron chi connectivity index (χ1n) is 5.25. The number of hydrogen-bond donors (Lipinski definition) is 2. The van der Waals surface area contributed by atoms with Crippen LogP contribution in [0.15, 0.2) is 24.3 Å². The summed E-state index contributed by atoms with van der Waals surface area (Å²) in [6.45, 7) is 1.65. The molecule has 1 fully saturated rings. The molecule has 4 nitrogen and oxygen atoms in total. The highest BCUT2D eigenvalue weighted by atomic mass is 32.2. The molecular formula is C11H15N3OS. The molecule has 3 N–H and O–H groups in total. The van der Waals surface area contributed by atoms with Crippen molar-refractivity contribution in [3.63, 3.8) is 0 Å². The summed E-state index contributed by atoms with van der Waals surface area (Å²) < 4.78 is 0. The maximum Gasteiger partial charge on any atom is 0.321 e. The first-order chi connectivity index (χ1) is 7.75. The van der Waals surface area contributed by atoms with Gasteiger partial charge in [-0.15, -0.1) is 0 Å². The largest absolute Gasteiger partial charge is 0.399 e. The molecule has 0 unspecified atom stereocenters. The monoisotopic (exact) mass is 237 g/mol. The van der Waals surface area contributed by atoms with Gasteiger partial charge in [-0.25, -0.2) is 4.79 Å². The van der Waals surface area contributed by atoms with E-state index in [-0.39, 0.29) is 6.03 Å². The Morgan fingerprint density at radius 3 is 2.50 bits per heavy atom. The van der Waals surface area contributed by atoms with Gasteiger partial charge >= 0.3 is 6.03 Å². The van der Waals surface area contributed by atoms with E-state index in [1.807, 2.05) is 28.8 Å². The molecule has 0 aliphatic carbocycles. The summed E-state index contributed by atoms with van der Waals surface area (Å²) in [5.74, 6) is 2.05. The second-order valence-corrected chi connectivity index (χ2v) is 4.88. The van der Waals surface area contributed by atoms with Gasteiger partial charge in [-0.3, -0.25) is 0 Å². The second-order valence-electron chi connectivity index (χ2n) is 3.65. The van der Waals surface area contributed by atoms with Gasteiger partial charge in [-0.05, 0) is 24.3 Å². The Balaban J connectivity index is 1.93. The minimum Gasteiger partial charge on any atom is -0.399 e. The Hall–Kier alpha value is -1.36. The summed E-state index contributed by atoms with van der Waals surface area (Å²) in [5.41, 5.74) is 7.06. The van der Waals surface area contributed by atoms with Crippen LogP contribution in [0.2, 0.25) is 0 Å². The Morgan fingerprint density at radius 1 is 1.25 bits per heavy atom. The number of carbonyl (C=O) groups excluding carboxylic acids is 1. The van der Waals surface area contributed by atoms with Gasteiger partial charge in [0.15, 0.2) is 0 Å². The number of benzene rings is 1. The summed E-state index contributed by atoms with van der Waals surface area (Å²) in [6.07, 6.45) is 0. The van der Waals surface area contributed by atoms with Gasteiger partial charge in [0.1, 0.15) is 0 Å². The van der Waals surface area contributed by atoms with E-state index in [0.29, 0.717) is 5.69 Å². The fourth-order valence-electron chi connectivity index (χ4n) is 1.54. The molecule has 16 heavy (non-hydrogen) atoms. The summed E-state index contributed by atoms with van der Waals surface area (Å²) in [4.78, 5) is 13.7. The number of carbonyl (C=O) groups is 1. The lowest BCUT2D eigenvalue weighted by molar-refractivity contribution is 0.217. The number of nitrogens with one attached hydrogen (secondary N) is 1. The average molecular weight is 237 g/mol. The van der Waals surface area contributed by atoms with E-state index < -0.39 is 0 Å². The number of urea groups is 1. The first-order valence-corrected chi connectivity index (χ1v) is 6.40. The average Bonchev–Trinajstić information content (AvgIpc) is 2.33. The van der Waals surface area contributed by atoms with Crippen molar-refractivity contribution in [3.8, 4) is 0 Å². The maximum absolute atomic E-state index is 11.8. The van der Waals surface area contributed by atoms with Gasteiger partial charge in [-0.1, -0.05) is 0 Å². The van der Waals surface area contributed by atoms with E-state index in [1.54, 1.807) is 12.1 Å². The molecule has 1 aromatic rings. The van der Waals surface area contributed by atoms with Gasteiger partial charge in [0, 0.05) is 36.0 Å². The second kappa shape index (κ2) is 5.12. The molecule has 2 rings (SSSR count). The molecule has 2 amide bonds. The van der Waals surface area contributed by atoms with Gasteiger partial charge in [-0.2, -0.15) is 11.8 Å². The molecule has 5 heteroatoms. The molecule has 0 spiro atoms. The first kappa shape index (κ1) is 11.1. The van der Waals surface area contributed by atoms with Crippen molar-refractivity contribution in [1.82, 2.24) is 4.90 Å². The third kappa shape index (κ3) is 2.82. The molecule has 0 bridgehead atoms. The van der Waals surface area contributed by atoms with E-state index in [9.17, 15) is 4.79 Å². The zero-order valence-corrected chi connectivity index (χ0v) is 9.80. The van der Waals surface area contributed by atoms with Crippen molar-refractivity contribution < 1.29 is 4.79 Å². The molecule has 0 atom stereocenters. The lowest BCUT2D eigenvalue weighted by Gasteiger charge is -2.26. The Bertz CT molecular complexity index is 360. The van der Waals surface area contributed by atoms with Crippen LogP contribution in [0.1, 0.15) is 0 Å². The van der Waals surface area contributed by atoms with E-state index in [2.05, 4.69) is 5.32 Å². The quantitative estimate of drug-likeness (QED) is 0.733. The van der Waals surface area contributed by atoms with Crippen LogP contribution < -0.4 is 11.1 Å². The van der Waals surface area contributed by atoms with Crippen LogP contribution in [0.5, 0.6) is 0 Å². The lowest BCUT2D eigenvalue weighted by atomic mass is 10.3. The normalized spacial score (nSPS) is 15.9. The maximum atomic E-state index is 11.8. The minimum absolute atomic E-state index is 0.0231. The fourth-order valence-corrected chi connectivity index (χ4v) is 2.44. The molecule has 1 aliphatic rings. The van der Waals surface area contributed by atoms with Crippen molar-refractivity contribution in [1.29, 1.82) is 0 Å². The Kier molecular flexibility index (Phi) is 3.56. The summed E-state index contributed by atoms with van der Waals surface area (Å²) in [6, 6.07) is 7.16. The zero-order valence-electron chi connectivity index (χ0n) is 8.98. The molecular weight excluding hydrogens is 222 g/mol. The SMILES string of the molecule is Nc1ccc(NC(=O)N2CCSCC2)cc1. The minimum atomic E-state index is -0.0231. The van der Waals surface area contributed by atoms with Crippen LogP contribution >= 0.6 is 11.8 Å². The molecule has 0 radical (unpaired) electrons. The molecule has 1 aromatic carbocycles. The highest BCUT2D eigenvalue weighted by molar-refractivity contribution is 7.99. The molecule has 86 valence electrons. The molecule has 0 aromatic heterocycles. The molecule has 1 aliphatic heterocycles. The van der Waals surface area contributed by atoms with E-state index >= 15 is 0 Å². The number of rotatable bonds is 1.